The summed E-state index contributed by atoms with van der Waals surface area (Å²) in [4.78, 5) is 39.3. The molecule has 0 unspecified atom stereocenters. The van der Waals surface area contributed by atoms with Crippen LogP contribution in [-0.2, 0) is 17.8 Å². The fourth-order valence-corrected chi connectivity index (χ4v) is 3.71. The number of hydrogen-bond acceptors (Lipinski definition) is 5. The summed E-state index contributed by atoms with van der Waals surface area (Å²) in [5.74, 6) is -2.32. The predicted molar refractivity (Wildman–Crippen MR) is 99.9 cm³/mol. The SMILES string of the molecule is C[C@@H]1C[C@H]2Cn3cc(C(=O)NCc4ccc(F)cc4)c(=O)c(O)c3C(=O)N2CO1. The maximum absolute atomic E-state index is 13.0. The second-order valence-corrected chi connectivity index (χ2v) is 7.30. The van der Waals surface area contributed by atoms with E-state index in [1.54, 1.807) is 0 Å². The van der Waals surface area contributed by atoms with Gasteiger partial charge in [0.2, 0.25) is 5.43 Å². The Morgan fingerprint density at radius 3 is 2.76 bits per heavy atom. The average molecular weight is 401 g/mol. The number of hydrogen-bond donors (Lipinski definition) is 2. The van der Waals surface area contributed by atoms with Crippen LogP contribution in [0.3, 0.4) is 0 Å². The van der Waals surface area contributed by atoms with E-state index in [1.165, 1.54) is 39.9 Å². The zero-order valence-electron chi connectivity index (χ0n) is 15.7. The lowest BCUT2D eigenvalue weighted by Gasteiger charge is -2.42. The van der Waals surface area contributed by atoms with E-state index in [1.807, 2.05) is 6.92 Å². The van der Waals surface area contributed by atoms with Crippen molar-refractivity contribution < 1.29 is 23.8 Å². The quantitative estimate of drug-likeness (QED) is 0.805. The van der Waals surface area contributed by atoms with E-state index in [2.05, 4.69) is 5.32 Å². The molecular formula is C20H20FN3O5. The summed E-state index contributed by atoms with van der Waals surface area (Å²) < 4.78 is 19.9. The third-order valence-electron chi connectivity index (χ3n) is 5.28. The van der Waals surface area contributed by atoms with Crippen molar-refractivity contribution in [2.45, 2.75) is 38.6 Å². The first-order valence-electron chi connectivity index (χ1n) is 9.26. The lowest BCUT2D eigenvalue weighted by atomic mass is 10.0. The van der Waals surface area contributed by atoms with Crippen molar-refractivity contribution in [2.75, 3.05) is 6.73 Å². The molecule has 152 valence electrons. The second kappa shape index (κ2) is 7.32. The molecule has 0 aliphatic carbocycles. The molecule has 0 bridgehead atoms. The number of fused-ring (bicyclic) bond motifs is 2. The molecule has 29 heavy (non-hydrogen) atoms. The molecule has 1 saturated heterocycles. The Kier molecular flexibility index (Phi) is 4.83. The number of carbonyl (C=O) groups excluding carboxylic acids is 2. The molecule has 2 aliphatic heterocycles. The van der Waals surface area contributed by atoms with Gasteiger partial charge in [-0.15, -0.1) is 0 Å². The molecule has 2 atom stereocenters. The first-order valence-corrected chi connectivity index (χ1v) is 9.26. The average Bonchev–Trinajstić information content (AvgIpc) is 2.69. The normalized spacial score (nSPS) is 20.8. The van der Waals surface area contributed by atoms with Gasteiger partial charge in [0.1, 0.15) is 18.1 Å². The van der Waals surface area contributed by atoms with Crippen LogP contribution in [0.25, 0.3) is 0 Å². The largest absolute Gasteiger partial charge is 0.503 e. The lowest BCUT2D eigenvalue weighted by Crippen LogP contribution is -2.54. The minimum absolute atomic E-state index is 0.0166. The Balaban J connectivity index is 1.61. The Labute approximate surface area is 165 Å². The highest BCUT2D eigenvalue weighted by Gasteiger charge is 2.39. The maximum Gasteiger partial charge on any atom is 0.276 e. The number of aromatic hydroxyl groups is 1. The first-order chi connectivity index (χ1) is 13.8. The number of nitrogens with zero attached hydrogens (tertiary/aromatic N) is 2. The van der Waals surface area contributed by atoms with E-state index < -0.39 is 23.0 Å². The molecule has 9 heteroatoms. The molecule has 2 N–H and O–H groups in total. The third-order valence-corrected chi connectivity index (χ3v) is 5.28. The van der Waals surface area contributed by atoms with Crippen molar-refractivity contribution in [3.63, 3.8) is 0 Å². The van der Waals surface area contributed by atoms with E-state index in [4.69, 9.17) is 4.74 Å². The number of nitrogens with one attached hydrogen (secondary N) is 1. The Hall–Kier alpha value is -3.20. The van der Waals surface area contributed by atoms with Crippen molar-refractivity contribution in [2.24, 2.45) is 0 Å². The van der Waals surface area contributed by atoms with Crippen molar-refractivity contribution in [3.8, 4) is 5.75 Å². The fraction of sp³-hybridized carbons (Fsp3) is 0.350. The van der Waals surface area contributed by atoms with Gasteiger partial charge >= 0.3 is 0 Å². The summed E-state index contributed by atoms with van der Waals surface area (Å²) in [6.45, 7) is 2.44. The third kappa shape index (κ3) is 3.49. The van der Waals surface area contributed by atoms with E-state index in [0.29, 0.717) is 18.5 Å². The predicted octanol–water partition coefficient (Wildman–Crippen LogP) is 1.21. The number of halogens is 1. The van der Waals surface area contributed by atoms with Crippen LogP contribution < -0.4 is 10.7 Å². The molecule has 2 amide bonds. The van der Waals surface area contributed by atoms with Crippen LogP contribution in [-0.4, -0.2) is 45.3 Å². The van der Waals surface area contributed by atoms with Gasteiger partial charge in [0.15, 0.2) is 11.4 Å². The molecule has 2 aromatic rings. The molecule has 0 spiro atoms. The first kappa shape index (κ1) is 19.1. The Morgan fingerprint density at radius 1 is 1.31 bits per heavy atom. The summed E-state index contributed by atoms with van der Waals surface area (Å²) in [5, 5.41) is 12.9. The van der Waals surface area contributed by atoms with E-state index in [9.17, 15) is 23.9 Å². The van der Waals surface area contributed by atoms with Gasteiger partial charge in [-0.2, -0.15) is 0 Å². The molecule has 0 saturated carbocycles. The van der Waals surface area contributed by atoms with Crippen LogP contribution in [0.15, 0.2) is 35.3 Å². The zero-order valence-corrected chi connectivity index (χ0v) is 15.7. The molecule has 1 aromatic carbocycles. The smallest absolute Gasteiger partial charge is 0.276 e. The van der Waals surface area contributed by atoms with Crippen LogP contribution in [0, 0.1) is 5.82 Å². The van der Waals surface area contributed by atoms with Crippen LogP contribution in [0.5, 0.6) is 5.75 Å². The summed E-state index contributed by atoms with van der Waals surface area (Å²) in [7, 11) is 0. The molecule has 1 aromatic heterocycles. The van der Waals surface area contributed by atoms with E-state index in [-0.39, 0.29) is 42.5 Å². The molecular weight excluding hydrogens is 381 g/mol. The van der Waals surface area contributed by atoms with Crippen LogP contribution in [0.2, 0.25) is 0 Å². The number of rotatable bonds is 3. The highest BCUT2D eigenvalue weighted by atomic mass is 19.1. The van der Waals surface area contributed by atoms with Gasteiger partial charge in [-0.05, 0) is 31.0 Å². The Bertz CT molecular complexity index is 1030. The summed E-state index contributed by atoms with van der Waals surface area (Å²) >= 11 is 0. The minimum Gasteiger partial charge on any atom is -0.503 e. The van der Waals surface area contributed by atoms with Gasteiger partial charge < -0.3 is 24.6 Å². The number of benzene rings is 1. The van der Waals surface area contributed by atoms with Gasteiger partial charge in [0.05, 0.1) is 12.1 Å². The number of aromatic nitrogens is 1. The highest BCUT2D eigenvalue weighted by molar-refractivity contribution is 5.99. The molecule has 0 radical (unpaired) electrons. The number of ether oxygens (including phenoxy) is 1. The topological polar surface area (TPSA) is 101 Å². The minimum atomic E-state index is -0.911. The number of amides is 2. The van der Waals surface area contributed by atoms with Gasteiger partial charge in [0, 0.05) is 19.3 Å². The lowest BCUT2D eigenvalue weighted by molar-refractivity contribution is -0.0805. The molecule has 3 heterocycles. The van der Waals surface area contributed by atoms with E-state index in [0.717, 1.165) is 0 Å². The molecule has 8 nitrogen and oxygen atoms in total. The number of pyridine rings is 1. The molecule has 2 aliphatic rings. The van der Waals surface area contributed by atoms with Crippen LogP contribution in [0.1, 0.15) is 39.8 Å². The van der Waals surface area contributed by atoms with Gasteiger partial charge in [0.25, 0.3) is 11.8 Å². The van der Waals surface area contributed by atoms with Crippen molar-refractivity contribution >= 4 is 11.8 Å². The van der Waals surface area contributed by atoms with Crippen LogP contribution in [0.4, 0.5) is 4.39 Å². The standard InChI is InChI=1S/C20H20FN3O5/c1-11-6-14-8-23-9-15(19(27)22-7-12-2-4-13(21)5-3-12)17(25)18(26)16(23)20(28)24(14)10-29-11/h2-5,9,11,14,26H,6-8,10H2,1H3,(H,22,27)/t11-,14+/m1/s1. The van der Waals surface area contributed by atoms with Crippen molar-refractivity contribution in [1.29, 1.82) is 0 Å². The number of carbonyl (C=O) groups is 2. The van der Waals surface area contributed by atoms with Crippen molar-refractivity contribution in [3.05, 3.63) is 63.3 Å². The van der Waals surface area contributed by atoms with Gasteiger partial charge in [-0.3, -0.25) is 14.4 Å². The maximum atomic E-state index is 13.0. The summed E-state index contributed by atoms with van der Waals surface area (Å²) in [6, 6.07) is 5.44. The molecule has 4 rings (SSSR count). The Morgan fingerprint density at radius 2 is 2.03 bits per heavy atom. The van der Waals surface area contributed by atoms with Crippen LogP contribution >= 0.6 is 0 Å². The monoisotopic (exact) mass is 401 g/mol. The summed E-state index contributed by atoms with van der Waals surface area (Å²) in [6.07, 6.45) is 1.91. The fourth-order valence-electron chi connectivity index (χ4n) is 3.71. The van der Waals surface area contributed by atoms with Gasteiger partial charge in [-0.1, -0.05) is 12.1 Å². The highest BCUT2D eigenvalue weighted by Crippen LogP contribution is 2.28. The summed E-state index contributed by atoms with van der Waals surface area (Å²) in [5.41, 5.74) is -0.649. The second-order valence-electron chi connectivity index (χ2n) is 7.30. The molecule has 1 fully saturated rings. The van der Waals surface area contributed by atoms with Crippen molar-refractivity contribution in [1.82, 2.24) is 14.8 Å². The van der Waals surface area contributed by atoms with Gasteiger partial charge in [-0.25, -0.2) is 4.39 Å². The van der Waals surface area contributed by atoms with E-state index >= 15 is 0 Å². The zero-order chi connectivity index (χ0) is 20.7.